The molecule has 1 radical (unpaired) electrons. The van der Waals surface area contributed by atoms with Crippen LogP contribution in [0.15, 0.2) is 72.8 Å². The van der Waals surface area contributed by atoms with Gasteiger partial charge < -0.3 is 14.4 Å². The van der Waals surface area contributed by atoms with Gasteiger partial charge in [0.1, 0.15) is 11.5 Å². The molecule has 0 amide bonds. The van der Waals surface area contributed by atoms with E-state index in [9.17, 15) is 5.21 Å². The quantitative estimate of drug-likeness (QED) is 0.475. The van der Waals surface area contributed by atoms with Crippen molar-refractivity contribution in [2.24, 2.45) is 0 Å². The van der Waals surface area contributed by atoms with Gasteiger partial charge in [0, 0.05) is 17.1 Å². The summed E-state index contributed by atoms with van der Waals surface area (Å²) in [5.74, 6) is 1.59. The third kappa shape index (κ3) is 4.63. The third-order valence-electron chi connectivity index (χ3n) is 4.61. The largest absolute Gasteiger partial charge is 0.497 e. The summed E-state index contributed by atoms with van der Waals surface area (Å²) in [6, 6.07) is 23.4. The zero-order valence-electron chi connectivity index (χ0n) is 17.5. The highest BCUT2D eigenvalue weighted by Gasteiger charge is 2.22. The lowest BCUT2D eigenvalue weighted by atomic mass is 10.1. The summed E-state index contributed by atoms with van der Waals surface area (Å²) in [5.41, 5.74) is 3.06. The topological polar surface area (TPSA) is 44.8 Å². The zero-order valence-corrected chi connectivity index (χ0v) is 17.5. The fourth-order valence-corrected chi connectivity index (χ4v) is 3.03. The maximum Gasteiger partial charge on any atom is 0.119 e. The molecule has 0 aromatic heterocycles. The van der Waals surface area contributed by atoms with Gasteiger partial charge in [-0.05, 0) is 93.6 Å². The average Bonchev–Trinajstić information content (AvgIpc) is 2.74. The van der Waals surface area contributed by atoms with Crippen LogP contribution in [0, 0.1) is 0 Å². The number of anilines is 4. The van der Waals surface area contributed by atoms with Crippen LogP contribution in [0.5, 0.6) is 11.5 Å². The molecule has 29 heavy (non-hydrogen) atoms. The van der Waals surface area contributed by atoms with Crippen molar-refractivity contribution in [1.82, 2.24) is 0 Å². The van der Waals surface area contributed by atoms with Crippen molar-refractivity contribution in [3.63, 3.8) is 0 Å². The first-order chi connectivity index (χ1) is 13.8. The lowest BCUT2D eigenvalue weighted by Crippen LogP contribution is -2.37. The molecule has 0 aliphatic heterocycles. The maximum absolute atomic E-state index is 12.5. The van der Waals surface area contributed by atoms with Gasteiger partial charge in [0.25, 0.3) is 0 Å². The van der Waals surface area contributed by atoms with E-state index in [1.807, 2.05) is 93.6 Å². The minimum Gasteiger partial charge on any atom is -0.497 e. The molecule has 0 aliphatic rings. The molecule has 0 saturated carbocycles. The number of rotatable bonds is 6. The summed E-state index contributed by atoms with van der Waals surface area (Å²) < 4.78 is 10.6. The van der Waals surface area contributed by atoms with Gasteiger partial charge >= 0.3 is 0 Å². The molecule has 0 heterocycles. The Balaban J connectivity index is 2.02. The molecule has 3 aromatic rings. The van der Waals surface area contributed by atoms with Gasteiger partial charge in [0.2, 0.25) is 0 Å². The Morgan fingerprint density at radius 1 is 0.586 bits per heavy atom. The Labute approximate surface area is 172 Å². The van der Waals surface area contributed by atoms with Gasteiger partial charge in [-0.25, -0.2) is 5.06 Å². The highest BCUT2D eigenvalue weighted by atomic mass is 16.5. The van der Waals surface area contributed by atoms with Crippen molar-refractivity contribution in [3.05, 3.63) is 72.8 Å². The molecule has 5 heteroatoms. The van der Waals surface area contributed by atoms with Crippen LogP contribution in [0.3, 0.4) is 0 Å². The summed E-state index contributed by atoms with van der Waals surface area (Å²) in [4.78, 5) is 2.12. The summed E-state index contributed by atoms with van der Waals surface area (Å²) >= 11 is 0. The first-order valence-corrected chi connectivity index (χ1v) is 9.49. The molecule has 0 aliphatic carbocycles. The first-order valence-electron chi connectivity index (χ1n) is 9.49. The van der Waals surface area contributed by atoms with E-state index >= 15 is 0 Å². The van der Waals surface area contributed by atoms with Crippen LogP contribution in [0.4, 0.5) is 22.7 Å². The van der Waals surface area contributed by atoms with Crippen molar-refractivity contribution in [2.45, 2.75) is 26.3 Å². The number of nitrogens with zero attached hydrogens (tertiary/aromatic N) is 2. The first kappa shape index (κ1) is 20.6. The van der Waals surface area contributed by atoms with Crippen molar-refractivity contribution >= 4 is 22.7 Å². The number of benzene rings is 3. The van der Waals surface area contributed by atoms with Crippen LogP contribution in [0.2, 0.25) is 0 Å². The highest BCUT2D eigenvalue weighted by Crippen LogP contribution is 2.37. The lowest BCUT2D eigenvalue weighted by molar-refractivity contribution is 0.102. The number of ether oxygens (including phenoxy) is 2. The standard InChI is InChI=1S/C24H27N2O3/c1-24(2,3)26(27)21-8-6-18(7-9-21)25(19-10-14-22(28-4)15-11-19)20-12-16-23(29-5)17-13-20/h6-17H,1-5H3. The Hall–Kier alpha value is -3.18. The van der Waals surface area contributed by atoms with E-state index in [0.717, 1.165) is 33.6 Å². The van der Waals surface area contributed by atoms with E-state index in [-0.39, 0.29) is 0 Å². The van der Waals surface area contributed by atoms with Gasteiger partial charge in [0.15, 0.2) is 0 Å². The number of hydrogen-bond acceptors (Lipinski definition) is 4. The summed E-state index contributed by atoms with van der Waals surface area (Å²) in [6.07, 6.45) is 0. The normalized spacial score (nSPS) is 11.1. The minimum atomic E-state index is -0.493. The van der Waals surface area contributed by atoms with Gasteiger partial charge in [-0.2, -0.15) is 0 Å². The minimum absolute atomic E-state index is 0.493. The molecule has 5 nitrogen and oxygen atoms in total. The summed E-state index contributed by atoms with van der Waals surface area (Å²) in [5, 5.41) is 13.5. The molecule has 0 bridgehead atoms. The zero-order chi connectivity index (χ0) is 21.0. The molecule has 0 N–H and O–H groups in total. The van der Waals surface area contributed by atoms with Gasteiger partial charge in [0.05, 0.1) is 25.4 Å². The molecule has 151 valence electrons. The van der Waals surface area contributed by atoms with Crippen LogP contribution in [-0.4, -0.2) is 19.8 Å². The molecule has 0 fully saturated rings. The molecule has 0 spiro atoms. The van der Waals surface area contributed by atoms with E-state index in [1.54, 1.807) is 14.2 Å². The van der Waals surface area contributed by atoms with Crippen LogP contribution in [-0.2, 0) is 5.21 Å². The summed E-state index contributed by atoms with van der Waals surface area (Å²) in [6.45, 7) is 5.69. The molecule has 3 rings (SSSR count). The van der Waals surface area contributed by atoms with Crippen LogP contribution >= 0.6 is 0 Å². The van der Waals surface area contributed by atoms with Crippen molar-refractivity contribution in [2.75, 3.05) is 24.2 Å². The van der Waals surface area contributed by atoms with Crippen molar-refractivity contribution < 1.29 is 14.7 Å². The van der Waals surface area contributed by atoms with E-state index in [2.05, 4.69) is 4.90 Å². The fraction of sp³-hybridized carbons (Fsp3) is 0.250. The Morgan fingerprint density at radius 3 is 1.21 bits per heavy atom. The van der Waals surface area contributed by atoms with E-state index in [0.29, 0.717) is 5.69 Å². The Morgan fingerprint density at radius 2 is 0.897 bits per heavy atom. The van der Waals surface area contributed by atoms with E-state index in [1.165, 1.54) is 0 Å². The van der Waals surface area contributed by atoms with Crippen molar-refractivity contribution in [3.8, 4) is 11.5 Å². The molecule has 3 aromatic carbocycles. The van der Waals surface area contributed by atoms with Gasteiger partial charge in [-0.15, -0.1) is 0 Å². The van der Waals surface area contributed by atoms with E-state index < -0.39 is 5.54 Å². The second kappa shape index (κ2) is 8.45. The fourth-order valence-electron chi connectivity index (χ4n) is 3.03. The average molecular weight is 391 g/mol. The number of methoxy groups -OCH3 is 2. The molecule has 0 unspecified atom stereocenters. The second-order valence-corrected chi connectivity index (χ2v) is 7.71. The Bertz CT molecular complexity index is 867. The predicted molar refractivity (Wildman–Crippen MR) is 117 cm³/mol. The van der Waals surface area contributed by atoms with Crippen molar-refractivity contribution in [1.29, 1.82) is 0 Å². The second-order valence-electron chi connectivity index (χ2n) is 7.71. The van der Waals surface area contributed by atoms with Crippen LogP contribution in [0.1, 0.15) is 20.8 Å². The lowest BCUT2D eigenvalue weighted by Gasteiger charge is -2.30. The Kier molecular flexibility index (Phi) is 5.99. The molecule has 0 saturated heterocycles. The monoisotopic (exact) mass is 391 g/mol. The molecule has 0 atom stereocenters. The van der Waals surface area contributed by atoms with E-state index in [4.69, 9.17) is 9.47 Å². The SMILES string of the molecule is COc1ccc(N(c2ccc(OC)cc2)c2ccc(N([O])C(C)(C)C)cc2)cc1. The van der Waals surface area contributed by atoms with Crippen LogP contribution < -0.4 is 19.4 Å². The number of hydrogen-bond donors (Lipinski definition) is 0. The molecular formula is C24H27N2O3. The third-order valence-corrected chi connectivity index (χ3v) is 4.61. The highest BCUT2D eigenvalue weighted by molar-refractivity contribution is 5.77. The van der Waals surface area contributed by atoms with Gasteiger partial charge in [-0.3, -0.25) is 0 Å². The summed E-state index contributed by atoms with van der Waals surface area (Å²) in [7, 11) is 3.30. The smallest absolute Gasteiger partial charge is 0.119 e. The van der Waals surface area contributed by atoms with Gasteiger partial charge in [-0.1, -0.05) is 5.21 Å². The van der Waals surface area contributed by atoms with Crippen LogP contribution in [0.25, 0.3) is 0 Å². The number of hydroxylamine groups is 1. The maximum atomic E-state index is 12.5. The predicted octanol–water partition coefficient (Wildman–Crippen LogP) is 6.12. The molecular weight excluding hydrogens is 364 g/mol.